The van der Waals surface area contributed by atoms with Crippen molar-refractivity contribution in [2.24, 2.45) is 11.8 Å². The van der Waals surface area contributed by atoms with E-state index >= 15 is 0 Å². The summed E-state index contributed by atoms with van der Waals surface area (Å²) in [6.45, 7) is 11.4. The van der Waals surface area contributed by atoms with Crippen LogP contribution >= 0.6 is 0 Å². The van der Waals surface area contributed by atoms with Crippen LogP contribution < -0.4 is 0 Å². The fourth-order valence-electron chi connectivity index (χ4n) is 5.93. The molecule has 0 bridgehead atoms. The van der Waals surface area contributed by atoms with Gasteiger partial charge in [-0.2, -0.15) is 0 Å². The van der Waals surface area contributed by atoms with Crippen molar-refractivity contribution in [2.45, 2.75) is 78.3 Å². The molecule has 0 spiro atoms. The topological polar surface area (TPSA) is 23.6 Å². The fraction of sp³-hybridized carbons (Fsp3) is 0.567. The summed E-state index contributed by atoms with van der Waals surface area (Å²) >= 11 is 0. The molecule has 0 aromatic heterocycles. The van der Waals surface area contributed by atoms with Gasteiger partial charge in [0.05, 0.1) is 0 Å². The van der Waals surface area contributed by atoms with Crippen molar-refractivity contribution in [1.82, 2.24) is 9.80 Å². The van der Waals surface area contributed by atoms with Crippen LogP contribution in [0.5, 0.6) is 0 Å². The molecule has 4 rings (SSSR count). The molecule has 184 valence electrons. The van der Waals surface area contributed by atoms with Crippen LogP contribution in [0.25, 0.3) is 0 Å². The van der Waals surface area contributed by atoms with Crippen LogP contribution in [0.4, 0.5) is 4.39 Å². The number of nitrogens with zero attached hydrogens (tertiary/aromatic N) is 2. The van der Waals surface area contributed by atoms with E-state index in [1.165, 1.54) is 30.4 Å². The maximum absolute atomic E-state index is 14.6. The Morgan fingerprint density at radius 3 is 2.35 bits per heavy atom. The second-order valence-corrected chi connectivity index (χ2v) is 11.0. The van der Waals surface area contributed by atoms with E-state index in [2.05, 4.69) is 41.0 Å². The Morgan fingerprint density at radius 1 is 1.00 bits per heavy atom. The zero-order chi connectivity index (χ0) is 24.2. The molecule has 1 aliphatic heterocycles. The highest BCUT2D eigenvalue weighted by atomic mass is 19.1. The van der Waals surface area contributed by atoms with E-state index in [0.717, 1.165) is 43.6 Å². The van der Waals surface area contributed by atoms with E-state index in [4.69, 9.17) is 0 Å². The molecule has 1 aliphatic carbocycles. The van der Waals surface area contributed by atoms with Crippen LogP contribution in [0, 0.1) is 31.5 Å². The van der Waals surface area contributed by atoms with E-state index in [1.54, 1.807) is 6.07 Å². The Kier molecular flexibility index (Phi) is 8.08. The molecule has 0 N–H and O–H groups in total. The van der Waals surface area contributed by atoms with Crippen molar-refractivity contribution >= 4 is 5.91 Å². The summed E-state index contributed by atoms with van der Waals surface area (Å²) < 4.78 is 14.6. The zero-order valence-corrected chi connectivity index (χ0v) is 21.4. The molecule has 0 radical (unpaired) electrons. The molecule has 1 saturated heterocycles. The predicted molar refractivity (Wildman–Crippen MR) is 137 cm³/mol. The first-order valence-corrected chi connectivity index (χ1v) is 13.2. The molecule has 1 saturated carbocycles. The Labute approximate surface area is 205 Å². The zero-order valence-electron chi connectivity index (χ0n) is 21.4. The van der Waals surface area contributed by atoms with Gasteiger partial charge >= 0.3 is 0 Å². The van der Waals surface area contributed by atoms with Crippen molar-refractivity contribution in [3.63, 3.8) is 0 Å². The second kappa shape index (κ2) is 11.0. The molecular weight excluding hydrogens is 423 g/mol. The minimum Gasteiger partial charge on any atom is -0.339 e. The van der Waals surface area contributed by atoms with Crippen LogP contribution in [0.2, 0.25) is 0 Å². The van der Waals surface area contributed by atoms with E-state index < -0.39 is 0 Å². The number of benzene rings is 2. The first-order chi connectivity index (χ1) is 16.3. The van der Waals surface area contributed by atoms with Gasteiger partial charge in [-0.25, -0.2) is 4.39 Å². The number of amides is 1. The van der Waals surface area contributed by atoms with Gasteiger partial charge in [-0.3, -0.25) is 9.69 Å². The third-order valence-electron chi connectivity index (χ3n) is 7.84. The van der Waals surface area contributed by atoms with Crippen LogP contribution in [-0.2, 0) is 11.3 Å². The molecule has 4 heteroatoms. The third-order valence-corrected chi connectivity index (χ3v) is 7.84. The van der Waals surface area contributed by atoms with Gasteiger partial charge in [-0.15, -0.1) is 0 Å². The van der Waals surface area contributed by atoms with E-state index in [0.29, 0.717) is 24.4 Å². The summed E-state index contributed by atoms with van der Waals surface area (Å²) in [5, 5.41) is 0. The number of hydrogen-bond donors (Lipinski definition) is 0. The predicted octanol–water partition coefficient (Wildman–Crippen LogP) is 6.48. The lowest BCUT2D eigenvalue weighted by Gasteiger charge is -2.38. The van der Waals surface area contributed by atoms with Crippen LogP contribution in [0.15, 0.2) is 42.5 Å². The standard InChI is InChI=1S/C30H41FN2O/c1-21(2)30(34)33(27-8-6-5-7-9-27)19-26-18-32(17-25-16-23(4)12-15-29(25)31)20-28(26)24-13-10-22(3)11-14-24/h10-16,21,26-28H,5-9,17-20H2,1-4H3. The van der Waals surface area contributed by atoms with Crippen LogP contribution in [0.3, 0.4) is 0 Å². The van der Waals surface area contributed by atoms with Crippen molar-refractivity contribution in [3.05, 3.63) is 70.5 Å². The third kappa shape index (κ3) is 5.89. The summed E-state index contributed by atoms with van der Waals surface area (Å²) in [6.07, 6.45) is 5.97. The molecule has 2 aromatic rings. The molecular formula is C30H41FN2O. The number of likely N-dealkylation sites (tertiary alicyclic amines) is 1. The number of halogens is 1. The lowest BCUT2D eigenvalue weighted by molar-refractivity contribution is -0.138. The summed E-state index contributed by atoms with van der Waals surface area (Å²) in [5.41, 5.74) is 4.46. The number of aryl methyl sites for hydroxylation is 2. The first kappa shape index (κ1) is 24.9. The second-order valence-electron chi connectivity index (χ2n) is 11.0. The number of rotatable bonds is 7. The van der Waals surface area contributed by atoms with Gasteiger partial charge in [-0.1, -0.05) is 80.6 Å². The monoisotopic (exact) mass is 464 g/mol. The molecule has 2 atom stereocenters. The van der Waals surface area contributed by atoms with Crippen LogP contribution in [-0.4, -0.2) is 41.4 Å². The SMILES string of the molecule is Cc1ccc(C2CN(Cc3cc(C)ccc3F)CC2CN(C(=O)C(C)C)C2CCCCC2)cc1. The highest BCUT2D eigenvalue weighted by molar-refractivity contribution is 5.78. The number of carbonyl (C=O) groups excluding carboxylic acids is 1. The largest absolute Gasteiger partial charge is 0.339 e. The molecule has 1 amide bonds. The average molecular weight is 465 g/mol. The lowest BCUT2D eigenvalue weighted by Crippen LogP contribution is -2.47. The molecule has 2 fully saturated rings. The van der Waals surface area contributed by atoms with Crippen molar-refractivity contribution < 1.29 is 9.18 Å². The molecule has 1 heterocycles. The van der Waals surface area contributed by atoms with Gasteiger partial charge in [0.15, 0.2) is 0 Å². The van der Waals surface area contributed by atoms with Gasteiger partial charge in [0, 0.05) is 49.6 Å². The lowest BCUT2D eigenvalue weighted by atomic mass is 9.86. The Bertz CT molecular complexity index is 964. The number of hydrogen-bond acceptors (Lipinski definition) is 2. The summed E-state index contributed by atoms with van der Waals surface area (Å²) in [4.78, 5) is 18.0. The fourth-order valence-corrected chi connectivity index (χ4v) is 5.93. The van der Waals surface area contributed by atoms with E-state index in [9.17, 15) is 9.18 Å². The Balaban J connectivity index is 1.58. The van der Waals surface area contributed by atoms with Crippen molar-refractivity contribution in [3.8, 4) is 0 Å². The van der Waals surface area contributed by atoms with Gasteiger partial charge in [-0.05, 0) is 44.2 Å². The Morgan fingerprint density at radius 2 is 1.68 bits per heavy atom. The molecule has 2 aliphatic rings. The van der Waals surface area contributed by atoms with Gasteiger partial charge in [0.1, 0.15) is 5.82 Å². The summed E-state index contributed by atoms with van der Waals surface area (Å²) in [5.74, 6) is 0.871. The average Bonchev–Trinajstić information content (AvgIpc) is 3.22. The highest BCUT2D eigenvalue weighted by Crippen LogP contribution is 2.36. The van der Waals surface area contributed by atoms with Gasteiger partial charge < -0.3 is 4.90 Å². The minimum atomic E-state index is -0.125. The maximum atomic E-state index is 14.6. The molecule has 2 aromatic carbocycles. The number of carbonyl (C=O) groups is 1. The molecule has 3 nitrogen and oxygen atoms in total. The normalized spacial score (nSPS) is 21.8. The van der Waals surface area contributed by atoms with E-state index in [-0.39, 0.29) is 17.6 Å². The van der Waals surface area contributed by atoms with E-state index in [1.807, 2.05) is 32.9 Å². The minimum absolute atomic E-state index is 0.0126. The Hall–Kier alpha value is -2.20. The first-order valence-electron chi connectivity index (χ1n) is 13.2. The highest BCUT2D eigenvalue weighted by Gasteiger charge is 2.38. The quantitative estimate of drug-likeness (QED) is 0.468. The summed E-state index contributed by atoms with van der Waals surface area (Å²) in [7, 11) is 0. The molecule has 2 unspecified atom stereocenters. The van der Waals surface area contributed by atoms with Gasteiger partial charge in [0.2, 0.25) is 5.91 Å². The van der Waals surface area contributed by atoms with Gasteiger partial charge in [0.25, 0.3) is 0 Å². The smallest absolute Gasteiger partial charge is 0.225 e. The van der Waals surface area contributed by atoms with Crippen LogP contribution in [0.1, 0.15) is 74.1 Å². The molecule has 34 heavy (non-hydrogen) atoms. The van der Waals surface area contributed by atoms with Crippen molar-refractivity contribution in [1.29, 1.82) is 0 Å². The summed E-state index contributed by atoms with van der Waals surface area (Å²) in [6, 6.07) is 14.6. The van der Waals surface area contributed by atoms with Crippen molar-refractivity contribution in [2.75, 3.05) is 19.6 Å². The maximum Gasteiger partial charge on any atom is 0.225 e.